The van der Waals surface area contributed by atoms with Crippen molar-refractivity contribution in [2.45, 2.75) is 59.2 Å². The second-order valence-electron chi connectivity index (χ2n) is 6.95. The van der Waals surface area contributed by atoms with Gasteiger partial charge in [-0.05, 0) is 44.1 Å². The van der Waals surface area contributed by atoms with Crippen LogP contribution in [0.25, 0.3) is 0 Å². The summed E-state index contributed by atoms with van der Waals surface area (Å²) >= 11 is 0. The molecule has 1 saturated carbocycles. The minimum absolute atomic E-state index is 0.115. The second-order valence-corrected chi connectivity index (χ2v) is 6.95. The van der Waals surface area contributed by atoms with E-state index in [9.17, 15) is 5.11 Å². The highest BCUT2D eigenvalue weighted by molar-refractivity contribution is 5.30. The molecule has 0 bridgehead atoms. The molecule has 3 nitrogen and oxygen atoms in total. The Hall–Kier alpha value is -1.09. The summed E-state index contributed by atoms with van der Waals surface area (Å²) in [5.74, 6) is 0.969. The van der Waals surface area contributed by atoms with Gasteiger partial charge in [-0.1, -0.05) is 20.8 Å². The highest BCUT2D eigenvalue weighted by Crippen LogP contribution is 2.52. The molecule has 1 fully saturated rings. The SMILES string of the molecule is CC(C)Oc1cncc(C2(O)CC(C)(C)CC2C)c1. The number of pyridine rings is 1. The van der Waals surface area contributed by atoms with Gasteiger partial charge in [0.05, 0.1) is 17.9 Å². The summed E-state index contributed by atoms with van der Waals surface area (Å²) in [6.07, 6.45) is 5.39. The molecule has 2 unspecified atom stereocenters. The molecule has 0 aliphatic heterocycles. The van der Waals surface area contributed by atoms with E-state index in [1.807, 2.05) is 19.9 Å². The minimum atomic E-state index is -0.785. The van der Waals surface area contributed by atoms with Crippen LogP contribution < -0.4 is 4.74 Å². The van der Waals surface area contributed by atoms with Crippen LogP contribution in [0.3, 0.4) is 0 Å². The summed E-state index contributed by atoms with van der Waals surface area (Å²) in [7, 11) is 0. The third-order valence-corrected chi connectivity index (χ3v) is 4.01. The molecule has 0 aromatic carbocycles. The highest BCUT2D eigenvalue weighted by Gasteiger charge is 2.48. The number of nitrogens with zero attached hydrogens (tertiary/aromatic N) is 1. The van der Waals surface area contributed by atoms with Crippen LogP contribution in [0, 0.1) is 11.3 Å². The molecule has 0 radical (unpaired) electrons. The fraction of sp³-hybridized carbons (Fsp3) is 0.688. The molecule has 19 heavy (non-hydrogen) atoms. The van der Waals surface area contributed by atoms with Gasteiger partial charge in [0, 0.05) is 11.8 Å². The molecular weight excluding hydrogens is 238 g/mol. The Balaban J connectivity index is 2.31. The molecule has 2 atom stereocenters. The first-order valence-corrected chi connectivity index (χ1v) is 7.07. The second kappa shape index (κ2) is 4.78. The van der Waals surface area contributed by atoms with E-state index in [0.29, 0.717) is 0 Å². The Morgan fingerprint density at radius 3 is 2.58 bits per heavy atom. The molecule has 1 aromatic rings. The zero-order chi connectivity index (χ0) is 14.3. The summed E-state index contributed by atoms with van der Waals surface area (Å²) in [6.45, 7) is 10.5. The number of hydrogen-bond acceptors (Lipinski definition) is 3. The van der Waals surface area contributed by atoms with Crippen molar-refractivity contribution in [1.82, 2.24) is 4.98 Å². The fourth-order valence-electron chi connectivity index (χ4n) is 3.35. The molecule has 0 amide bonds. The van der Waals surface area contributed by atoms with Gasteiger partial charge in [-0.2, -0.15) is 0 Å². The normalized spacial score (nSPS) is 29.7. The van der Waals surface area contributed by atoms with Crippen LogP contribution in [0.5, 0.6) is 5.75 Å². The quantitative estimate of drug-likeness (QED) is 0.907. The number of aromatic nitrogens is 1. The molecule has 3 heteroatoms. The predicted molar refractivity (Wildman–Crippen MR) is 76.1 cm³/mol. The van der Waals surface area contributed by atoms with Crippen LogP contribution in [0.15, 0.2) is 18.5 Å². The Bertz CT molecular complexity index is 456. The van der Waals surface area contributed by atoms with E-state index >= 15 is 0 Å². The predicted octanol–water partition coefficient (Wildman–Crippen LogP) is 3.51. The topological polar surface area (TPSA) is 42.4 Å². The maximum Gasteiger partial charge on any atom is 0.138 e. The van der Waals surface area contributed by atoms with Crippen molar-refractivity contribution in [2.75, 3.05) is 0 Å². The molecule has 0 spiro atoms. The lowest BCUT2D eigenvalue weighted by Gasteiger charge is -2.29. The molecule has 1 N–H and O–H groups in total. The van der Waals surface area contributed by atoms with E-state index < -0.39 is 5.60 Å². The monoisotopic (exact) mass is 263 g/mol. The molecular formula is C16H25NO2. The minimum Gasteiger partial charge on any atom is -0.489 e. The van der Waals surface area contributed by atoms with Crippen LogP contribution in [0.2, 0.25) is 0 Å². The van der Waals surface area contributed by atoms with Crippen molar-refractivity contribution >= 4 is 0 Å². The van der Waals surface area contributed by atoms with Gasteiger partial charge in [0.15, 0.2) is 0 Å². The Morgan fingerprint density at radius 2 is 2.05 bits per heavy atom. The summed E-state index contributed by atoms with van der Waals surface area (Å²) in [4.78, 5) is 4.22. The molecule has 106 valence electrons. The average molecular weight is 263 g/mol. The average Bonchev–Trinajstić information content (AvgIpc) is 2.48. The van der Waals surface area contributed by atoms with Crippen molar-refractivity contribution in [2.24, 2.45) is 11.3 Å². The maximum absolute atomic E-state index is 11.0. The van der Waals surface area contributed by atoms with Gasteiger partial charge >= 0.3 is 0 Å². The first-order valence-electron chi connectivity index (χ1n) is 7.07. The smallest absolute Gasteiger partial charge is 0.138 e. The maximum atomic E-state index is 11.0. The fourth-order valence-corrected chi connectivity index (χ4v) is 3.35. The number of ether oxygens (including phenoxy) is 1. The Labute approximate surface area is 116 Å². The third-order valence-electron chi connectivity index (χ3n) is 4.01. The van der Waals surface area contributed by atoms with Gasteiger partial charge in [-0.15, -0.1) is 0 Å². The van der Waals surface area contributed by atoms with Crippen molar-refractivity contribution in [3.63, 3.8) is 0 Å². The number of aliphatic hydroxyl groups is 1. The number of rotatable bonds is 3. The summed E-state index contributed by atoms with van der Waals surface area (Å²) in [5, 5.41) is 11.0. The summed E-state index contributed by atoms with van der Waals surface area (Å²) < 4.78 is 5.67. The first kappa shape index (κ1) is 14.3. The lowest BCUT2D eigenvalue weighted by molar-refractivity contribution is -0.00145. The van der Waals surface area contributed by atoms with E-state index in [2.05, 4.69) is 25.8 Å². The Morgan fingerprint density at radius 1 is 1.37 bits per heavy atom. The van der Waals surface area contributed by atoms with Crippen LogP contribution in [-0.4, -0.2) is 16.2 Å². The standard InChI is InChI=1S/C16H25NO2/c1-11(2)19-14-6-13(8-17-9-14)16(18)10-15(4,5)7-12(16)3/h6,8-9,11-12,18H,7,10H2,1-5H3. The van der Waals surface area contributed by atoms with Crippen molar-refractivity contribution in [3.8, 4) is 5.75 Å². The third kappa shape index (κ3) is 2.92. The van der Waals surface area contributed by atoms with Gasteiger partial charge in [-0.3, -0.25) is 4.98 Å². The molecule has 1 aliphatic carbocycles. The van der Waals surface area contributed by atoms with Crippen LogP contribution in [-0.2, 0) is 5.60 Å². The first-order chi connectivity index (χ1) is 8.73. The highest BCUT2D eigenvalue weighted by atomic mass is 16.5. The number of hydrogen-bond donors (Lipinski definition) is 1. The zero-order valence-electron chi connectivity index (χ0n) is 12.6. The van der Waals surface area contributed by atoms with E-state index in [0.717, 1.165) is 24.2 Å². The Kier molecular flexibility index (Phi) is 3.61. The lowest BCUT2D eigenvalue weighted by Crippen LogP contribution is -2.29. The van der Waals surface area contributed by atoms with Gasteiger partial charge in [-0.25, -0.2) is 0 Å². The lowest BCUT2D eigenvalue weighted by atomic mass is 9.84. The van der Waals surface area contributed by atoms with Crippen molar-refractivity contribution < 1.29 is 9.84 Å². The van der Waals surface area contributed by atoms with Gasteiger partial charge in [0.25, 0.3) is 0 Å². The summed E-state index contributed by atoms with van der Waals surface area (Å²) in [6, 6.07) is 1.94. The molecule has 2 rings (SSSR count). The molecule has 1 heterocycles. The summed E-state index contributed by atoms with van der Waals surface area (Å²) in [5.41, 5.74) is 0.263. The van der Waals surface area contributed by atoms with Crippen LogP contribution >= 0.6 is 0 Å². The largest absolute Gasteiger partial charge is 0.489 e. The molecule has 1 aromatic heterocycles. The van der Waals surface area contributed by atoms with Gasteiger partial charge < -0.3 is 9.84 Å². The van der Waals surface area contributed by atoms with Gasteiger partial charge in [0.1, 0.15) is 5.75 Å². The van der Waals surface area contributed by atoms with E-state index in [1.165, 1.54) is 0 Å². The molecule has 1 aliphatic rings. The van der Waals surface area contributed by atoms with Crippen LogP contribution in [0.1, 0.15) is 53.0 Å². The van der Waals surface area contributed by atoms with E-state index in [1.54, 1.807) is 12.4 Å². The van der Waals surface area contributed by atoms with Crippen molar-refractivity contribution in [3.05, 3.63) is 24.0 Å². The van der Waals surface area contributed by atoms with Crippen LogP contribution in [0.4, 0.5) is 0 Å². The van der Waals surface area contributed by atoms with E-state index in [4.69, 9.17) is 4.74 Å². The van der Waals surface area contributed by atoms with E-state index in [-0.39, 0.29) is 17.4 Å². The van der Waals surface area contributed by atoms with Gasteiger partial charge in [0.2, 0.25) is 0 Å². The molecule has 0 saturated heterocycles. The van der Waals surface area contributed by atoms with Crippen molar-refractivity contribution in [1.29, 1.82) is 0 Å². The zero-order valence-corrected chi connectivity index (χ0v) is 12.6.